The molecule has 5 N–H and O–H groups in total. The van der Waals surface area contributed by atoms with E-state index in [0.717, 1.165) is 38.5 Å². The summed E-state index contributed by atoms with van der Waals surface area (Å²) in [5.74, 6) is 1.35. The van der Waals surface area contributed by atoms with E-state index in [4.69, 9.17) is 32.8 Å². The predicted octanol–water partition coefficient (Wildman–Crippen LogP) is 4.76. The molecule has 0 aliphatic rings. The lowest BCUT2D eigenvalue weighted by Gasteiger charge is -2.07. The van der Waals surface area contributed by atoms with Gasteiger partial charge in [0.2, 0.25) is 0 Å². The molecule has 3 aromatic carbocycles. The van der Waals surface area contributed by atoms with Crippen LogP contribution in [0.4, 0.5) is 11.4 Å². The summed E-state index contributed by atoms with van der Waals surface area (Å²) < 4.78 is 5.40. The molecule has 0 bridgehead atoms. The third-order valence-electron chi connectivity index (χ3n) is 4.94. The molecule has 7 heteroatoms. The summed E-state index contributed by atoms with van der Waals surface area (Å²) in [5.41, 5.74) is 16.6. The molecule has 0 unspecified atom stereocenters. The minimum Gasteiger partial charge on any atom is -0.497 e. The number of hydrogen-bond donors (Lipinski definition) is 3. The number of fused-ring (bicyclic) bond motifs is 6. The van der Waals surface area contributed by atoms with Crippen LogP contribution in [0.5, 0.6) is 5.75 Å². The quantitative estimate of drug-likeness (QED) is 0.229. The number of halogens is 1. The van der Waals surface area contributed by atoms with E-state index in [9.17, 15) is 0 Å². The Morgan fingerprint density at radius 2 is 1.64 bits per heavy atom. The summed E-state index contributed by atoms with van der Waals surface area (Å²) in [6.45, 7) is 0. The summed E-state index contributed by atoms with van der Waals surface area (Å²) in [6, 6.07) is 15.0. The van der Waals surface area contributed by atoms with E-state index in [1.54, 1.807) is 25.3 Å². The molecule has 28 heavy (non-hydrogen) atoms. The molecule has 5 aromatic rings. The summed E-state index contributed by atoms with van der Waals surface area (Å²) in [6.07, 6.45) is 0. The van der Waals surface area contributed by atoms with Crippen LogP contribution in [0.1, 0.15) is 0 Å². The minimum absolute atomic E-state index is 0.423. The lowest BCUT2D eigenvalue weighted by molar-refractivity contribution is 0.415. The van der Waals surface area contributed by atoms with Crippen molar-refractivity contribution >= 4 is 55.7 Å². The smallest absolute Gasteiger partial charge is 0.142 e. The van der Waals surface area contributed by atoms with Gasteiger partial charge in [-0.2, -0.15) is 0 Å². The van der Waals surface area contributed by atoms with Crippen LogP contribution in [0.2, 0.25) is 5.15 Å². The van der Waals surface area contributed by atoms with Crippen molar-refractivity contribution < 1.29 is 4.74 Å². The van der Waals surface area contributed by atoms with Gasteiger partial charge in [-0.05, 0) is 42.5 Å². The molecule has 0 atom stereocenters. The maximum absolute atomic E-state index is 6.19. The van der Waals surface area contributed by atoms with Gasteiger partial charge < -0.3 is 21.2 Å². The van der Waals surface area contributed by atoms with Crippen molar-refractivity contribution in [1.29, 1.82) is 0 Å². The Labute approximate surface area is 165 Å². The van der Waals surface area contributed by atoms with Gasteiger partial charge in [0.15, 0.2) is 0 Å². The molecule has 0 radical (unpaired) electrons. The second-order valence-corrected chi connectivity index (χ2v) is 6.95. The van der Waals surface area contributed by atoms with E-state index in [-0.39, 0.29) is 0 Å². The van der Waals surface area contributed by atoms with Crippen molar-refractivity contribution in [2.75, 3.05) is 18.6 Å². The van der Waals surface area contributed by atoms with E-state index < -0.39 is 0 Å². The average molecular weight is 390 g/mol. The number of ether oxygens (including phenoxy) is 1. The van der Waals surface area contributed by atoms with E-state index in [1.807, 2.05) is 30.3 Å². The number of H-pyrrole nitrogens is 1. The Balaban J connectivity index is 1.96. The van der Waals surface area contributed by atoms with Crippen LogP contribution in [-0.2, 0) is 0 Å². The Bertz CT molecular complexity index is 1370. The fourth-order valence-electron chi connectivity index (χ4n) is 3.64. The van der Waals surface area contributed by atoms with Crippen LogP contribution in [0.25, 0.3) is 44.1 Å². The number of imidazole rings is 1. The van der Waals surface area contributed by atoms with E-state index >= 15 is 0 Å². The number of aromatic nitrogens is 3. The molecule has 0 aliphatic carbocycles. The van der Waals surface area contributed by atoms with Gasteiger partial charge in [0.05, 0.1) is 29.2 Å². The number of rotatable bonds is 2. The average Bonchev–Trinajstić information content (AvgIpc) is 3.12. The lowest BCUT2D eigenvalue weighted by Crippen LogP contribution is -1.96. The van der Waals surface area contributed by atoms with Crippen molar-refractivity contribution in [3.63, 3.8) is 0 Å². The standard InChI is InChI=1S/C21H16ClN5O/c1-28-10-5-6-11-13(9-10)18-12(7-8-16(22)25-18)20-19(11)26-21(27-20)17-14(23)3-2-4-15(17)24/h2-9H,23-24H2,1H3,(H,26,27). The van der Waals surface area contributed by atoms with Crippen molar-refractivity contribution in [3.8, 4) is 17.1 Å². The van der Waals surface area contributed by atoms with E-state index in [2.05, 4.69) is 9.97 Å². The topological polar surface area (TPSA) is 103 Å². The predicted molar refractivity (Wildman–Crippen MR) is 115 cm³/mol. The molecule has 2 heterocycles. The second-order valence-electron chi connectivity index (χ2n) is 6.56. The van der Waals surface area contributed by atoms with Crippen LogP contribution in [0.3, 0.4) is 0 Å². The van der Waals surface area contributed by atoms with Gasteiger partial charge in [-0.15, -0.1) is 0 Å². The van der Waals surface area contributed by atoms with Gasteiger partial charge in [0, 0.05) is 27.5 Å². The SMILES string of the molecule is COc1ccc2c(c1)c1nc(Cl)ccc1c1[nH]c(-c3c(N)cccc3N)nc21. The molecule has 5 rings (SSSR count). The first-order valence-corrected chi connectivity index (χ1v) is 9.04. The van der Waals surface area contributed by atoms with Gasteiger partial charge >= 0.3 is 0 Å². The van der Waals surface area contributed by atoms with Gasteiger partial charge in [-0.1, -0.05) is 17.7 Å². The number of pyridine rings is 1. The number of hydrogen-bond acceptors (Lipinski definition) is 5. The van der Waals surface area contributed by atoms with Crippen LogP contribution in [0.15, 0.2) is 48.5 Å². The van der Waals surface area contributed by atoms with Crippen LogP contribution < -0.4 is 16.2 Å². The Morgan fingerprint density at radius 3 is 2.39 bits per heavy atom. The number of nitrogens with one attached hydrogen (secondary N) is 1. The molecular weight excluding hydrogens is 374 g/mol. The maximum Gasteiger partial charge on any atom is 0.142 e. The van der Waals surface area contributed by atoms with Crippen molar-refractivity contribution in [2.24, 2.45) is 0 Å². The monoisotopic (exact) mass is 389 g/mol. The molecule has 0 amide bonds. The normalized spacial score (nSPS) is 11.5. The fourth-order valence-corrected chi connectivity index (χ4v) is 3.79. The fraction of sp³-hybridized carbons (Fsp3) is 0.0476. The minimum atomic E-state index is 0.423. The van der Waals surface area contributed by atoms with Crippen LogP contribution >= 0.6 is 11.6 Å². The zero-order valence-electron chi connectivity index (χ0n) is 15.0. The van der Waals surface area contributed by atoms with Crippen LogP contribution in [-0.4, -0.2) is 22.1 Å². The highest BCUT2D eigenvalue weighted by molar-refractivity contribution is 6.31. The second kappa shape index (κ2) is 6.00. The number of nitrogens with two attached hydrogens (primary N) is 2. The van der Waals surface area contributed by atoms with Gasteiger partial charge in [-0.25, -0.2) is 9.97 Å². The molecular formula is C21H16ClN5O. The van der Waals surface area contributed by atoms with Crippen molar-refractivity contribution in [2.45, 2.75) is 0 Å². The van der Waals surface area contributed by atoms with Gasteiger partial charge in [0.1, 0.15) is 16.7 Å². The Morgan fingerprint density at radius 1 is 0.893 bits per heavy atom. The van der Waals surface area contributed by atoms with E-state index in [0.29, 0.717) is 27.9 Å². The van der Waals surface area contributed by atoms with Gasteiger partial charge in [-0.3, -0.25) is 0 Å². The molecule has 0 spiro atoms. The molecule has 2 aromatic heterocycles. The zero-order chi connectivity index (χ0) is 19.4. The molecule has 0 aliphatic heterocycles. The summed E-state index contributed by atoms with van der Waals surface area (Å²) in [5, 5.41) is 3.18. The number of nitrogens with zero attached hydrogens (tertiary/aromatic N) is 2. The highest BCUT2D eigenvalue weighted by Gasteiger charge is 2.17. The first-order chi connectivity index (χ1) is 13.6. The van der Waals surface area contributed by atoms with E-state index in [1.165, 1.54) is 0 Å². The number of nitrogen functional groups attached to an aromatic ring is 2. The van der Waals surface area contributed by atoms with Gasteiger partial charge in [0.25, 0.3) is 0 Å². The first-order valence-electron chi connectivity index (χ1n) is 8.67. The third-order valence-corrected chi connectivity index (χ3v) is 5.15. The zero-order valence-corrected chi connectivity index (χ0v) is 15.7. The summed E-state index contributed by atoms with van der Waals surface area (Å²) >= 11 is 6.19. The summed E-state index contributed by atoms with van der Waals surface area (Å²) in [4.78, 5) is 12.8. The van der Waals surface area contributed by atoms with Crippen molar-refractivity contribution in [1.82, 2.24) is 15.0 Å². The third kappa shape index (κ3) is 2.35. The number of aromatic amines is 1. The highest BCUT2D eigenvalue weighted by atomic mass is 35.5. The summed E-state index contributed by atoms with van der Waals surface area (Å²) in [7, 11) is 1.63. The number of methoxy groups -OCH3 is 1. The largest absolute Gasteiger partial charge is 0.497 e. The molecule has 0 fully saturated rings. The highest BCUT2D eigenvalue weighted by Crippen LogP contribution is 2.38. The molecule has 0 saturated heterocycles. The first kappa shape index (κ1) is 16.6. The molecule has 138 valence electrons. The molecule has 0 saturated carbocycles. The Kier molecular flexibility index (Phi) is 3.57. The Hall–Kier alpha value is -3.51. The molecule has 6 nitrogen and oxygen atoms in total. The van der Waals surface area contributed by atoms with Crippen LogP contribution in [0, 0.1) is 0 Å². The van der Waals surface area contributed by atoms with Crippen molar-refractivity contribution in [3.05, 3.63) is 53.7 Å². The number of anilines is 2. The maximum atomic E-state index is 6.19. The number of benzene rings is 3. The lowest BCUT2D eigenvalue weighted by atomic mass is 10.0.